The Morgan fingerprint density at radius 3 is 2.37 bits per heavy atom. The van der Waals surface area contributed by atoms with Gasteiger partial charge in [-0.2, -0.15) is 0 Å². The van der Waals surface area contributed by atoms with Crippen molar-refractivity contribution >= 4 is 11.9 Å². The molecule has 0 bridgehead atoms. The fourth-order valence-corrected chi connectivity index (χ4v) is 3.12. The molecule has 0 heterocycles. The Hall–Kier alpha value is -2.96. The van der Waals surface area contributed by atoms with Crippen molar-refractivity contribution < 1.29 is 33.0 Å². The van der Waals surface area contributed by atoms with Crippen molar-refractivity contribution in [2.75, 3.05) is 6.61 Å². The van der Waals surface area contributed by atoms with Gasteiger partial charge in [-0.25, -0.2) is 8.78 Å². The molecule has 5 nitrogen and oxygen atoms in total. The van der Waals surface area contributed by atoms with Crippen LogP contribution in [0, 0.1) is 17.0 Å². The van der Waals surface area contributed by atoms with Crippen molar-refractivity contribution in [2.45, 2.75) is 25.9 Å². The van der Waals surface area contributed by atoms with Gasteiger partial charge in [0.2, 0.25) is 0 Å². The van der Waals surface area contributed by atoms with Crippen molar-refractivity contribution in [3.63, 3.8) is 0 Å². The molecule has 0 aromatic heterocycles. The number of benzene rings is 2. The van der Waals surface area contributed by atoms with E-state index in [1.54, 1.807) is 31.2 Å². The van der Waals surface area contributed by atoms with Crippen molar-refractivity contribution in [2.24, 2.45) is 5.41 Å². The van der Waals surface area contributed by atoms with Gasteiger partial charge in [0.25, 0.3) is 0 Å². The van der Waals surface area contributed by atoms with E-state index in [0.717, 1.165) is 17.7 Å². The quantitative estimate of drug-likeness (QED) is 0.590. The Balaban J connectivity index is 1.81. The molecule has 2 aromatic carbocycles. The Labute approximate surface area is 154 Å². The van der Waals surface area contributed by atoms with E-state index in [1.807, 2.05) is 6.07 Å². The van der Waals surface area contributed by atoms with Gasteiger partial charge < -0.3 is 14.6 Å². The molecule has 1 fully saturated rings. The Kier molecular flexibility index (Phi) is 5.12. The standard InChI is InChI=1S/C20H18F2O5/c1-2-26-19(25)20(18(23)24)10-14(20)13-8-15(21)17(16(22)9-13)27-11-12-6-4-3-5-7-12/h3-9,14H,2,10-11H2,1H3,(H,23,24). The lowest BCUT2D eigenvalue weighted by Crippen LogP contribution is -2.29. The lowest BCUT2D eigenvalue weighted by molar-refractivity contribution is -0.161. The van der Waals surface area contributed by atoms with Crippen LogP contribution < -0.4 is 4.74 Å². The molecule has 1 aliphatic carbocycles. The monoisotopic (exact) mass is 376 g/mol. The number of carboxylic acid groups (broad SMARTS) is 1. The molecule has 2 aromatic rings. The van der Waals surface area contributed by atoms with Crippen LogP contribution in [-0.4, -0.2) is 23.7 Å². The number of carboxylic acids is 1. The first-order chi connectivity index (χ1) is 12.9. The topological polar surface area (TPSA) is 72.8 Å². The van der Waals surface area contributed by atoms with Gasteiger partial charge in [0.1, 0.15) is 6.61 Å². The zero-order chi connectivity index (χ0) is 19.6. The Morgan fingerprint density at radius 2 is 1.81 bits per heavy atom. The van der Waals surface area contributed by atoms with Gasteiger partial charge in [-0.3, -0.25) is 9.59 Å². The maximum atomic E-state index is 14.4. The van der Waals surface area contributed by atoms with Gasteiger partial charge in [0.15, 0.2) is 22.8 Å². The molecule has 2 atom stereocenters. The number of carbonyl (C=O) groups excluding carboxylic acids is 1. The second-order valence-electron chi connectivity index (χ2n) is 6.34. The van der Waals surface area contributed by atoms with Crippen LogP contribution in [-0.2, 0) is 20.9 Å². The number of ether oxygens (including phenoxy) is 2. The smallest absolute Gasteiger partial charge is 0.324 e. The first-order valence-corrected chi connectivity index (χ1v) is 8.46. The molecule has 27 heavy (non-hydrogen) atoms. The minimum Gasteiger partial charge on any atom is -0.483 e. The molecule has 1 N–H and O–H groups in total. The largest absolute Gasteiger partial charge is 0.483 e. The summed E-state index contributed by atoms with van der Waals surface area (Å²) in [5.74, 6) is -5.54. The van der Waals surface area contributed by atoms with E-state index in [-0.39, 0.29) is 25.2 Å². The van der Waals surface area contributed by atoms with Crippen LogP contribution in [0.25, 0.3) is 0 Å². The highest BCUT2D eigenvalue weighted by atomic mass is 19.1. The van der Waals surface area contributed by atoms with Crippen LogP contribution in [0.15, 0.2) is 42.5 Å². The zero-order valence-electron chi connectivity index (χ0n) is 14.6. The van der Waals surface area contributed by atoms with E-state index >= 15 is 0 Å². The first-order valence-electron chi connectivity index (χ1n) is 8.46. The van der Waals surface area contributed by atoms with E-state index in [0.29, 0.717) is 0 Å². The third-order valence-electron chi connectivity index (χ3n) is 4.63. The Morgan fingerprint density at radius 1 is 1.19 bits per heavy atom. The highest BCUT2D eigenvalue weighted by Crippen LogP contribution is 2.60. The zero-order valence-corrected chi connectivity index (χ0v) is 14.6. The van der Waals surface area contributed by atoms with Crippen LogP contribution in [0.1, 0.15) is 30.4 Å². The molecule has 142 valence electrons. The number of aliphatic carboxylic acids is 1. The third-order valence-corrected chi connectivity index (χ3v) is 4.63. The van der Waals surface area contributed by atoms with E-state index < -0.39 is 40.7 Å². The van der Waals surface area contributed by atoms with E-state index in [1.165, 1.54) is 0 Å². The van der Waals surface area contributed by atoms with E-state index in [2.05, 4.69) is 0 Å². The third kappa shape index (κ3) is 3.49. The van der Waals surface area contributed by atoms with Crippen molar-refractivity contribution in [3.05, 3.63) is 65.2 Å². The molecule has 0 radical (unpaired) electrons. The summed E-state index contributed by atoms with van der Waals surface area (Å²) in [4.78, 5) is 23.6. The van der Waals surface area contributed by atoms with Gasteiger partial charge in [-0.15, -0.1) is 0 Å². The summed E-state index contributed by atoms with van der Waals surface area (Å²) in [6.07, 6.45) is -0.0652. The number of carbonyl (C=O) groups is 2. The molecule has 3 rings (SSSR count). The van der Waals surface area contributed by atoms with Crippen LogP contribution >= 0.6 is 0 Å². The summed E-state index contributed by atoms with van der Waals surface area (Å²) in [5, 5.41) is 9.42. The van der Waals surface area contributed by atoms with E-state index in [4.69, 9.17) is 9.47 Å². The van der Waals surface area contributed by atoms with Crippen LogP contribution in [0.2, 0.25) is 0 Å². The lowest BCUT2D eigenvalue weighted by atomic mass is 9.99. The molecule has 7 heteroatoms. The van der Waals surface area contributed by atoms with Gasteiger partial charge in [0, 0.05) is 5.92 Å². The second-order valence-corrected chi connectivity index (χ2v) is 6.34. The highest BCUT2D eigenvalue weighted by molar-refractivity contribution is 6.04. The average molecular weight is 376 g/mol. The molecular formula is C20H18F2O5. The van der Waals surface area contributed by atoms with Crippen molar-refractivity contribution in [1.29, 1.82) is 0 Å². The fourth-order valence-electron chi connectivity index (χ4n) is 3.12. The molecular weight excluding hydrogens is 358 g/mol. The molecule has 2 unspecified atom stereocenters. The van der Waals surface area contributed by atoms with Crippen LogP contribution in [0.4, 0.5) is 8.78 Å². The number of hydrogen-bond donors (Lipinski definition) is 1. The lowest BCUT2D eigenvalue weighted by Gasteiger charge is -2.13. The number of rotatable bonds is 7. The average Bonchev–Trinajstić information content (AvgIpc) is 3.39. The van der Waals surface area contributed by atoms with Crippen LogP contribution in [0.3, 0.4) is 0 Å². The first kappa shape index (κ1) is 18.8. The molecule has 0 amide bonds. The van der Waals surface area contributed by atoms with Gasteiger partial charge in [-0.05, 0) is 36.6 Å². The predicted molar refractivity (Wildman–Crippen MR) is 91.2 cm³/mol. The maximum absolute atomic E-state index is 14.4. The number of hydrogen-bond acceptors (Lipinski definition) is 4. The van der Waals surface area contributed by atoms with Crippen LogP contribution in [0.5, 0.6) is 5.75 Å². The van der Waals surface area contributed by atoms with Gasteiger partial charge in [0.05, 0.1) is 6.61 Å². The fraction of sp³-hybridized carbons (Fsp3) is 0.300. The SMILES string of the molecule is CCOC(=O)C1(C(=O)O)CC1c1cc(F)c(OCc2ccccc2)c(F)c1. The summed E-state index contributed by atoms with van der Waals surface area (Å²) < 4.78 is 38.8. The summed E-state index contributed by atoms with van der Waals surface area (Å²) in [7, 11) is 0. The Bertz CT molecular complexity index is 845. The van der Waals surface area contributed by atoms with Crippen molar-refractivity contribution in [3.8, 4) is 5.75 Å². The minimum atomic E-state index is -1.79. The van der Waals surface area contributed by atoms with E-state index in [9.17, 15) is 23.5 Å². The molecule has 1 aliphatic rings. The summed E-state index contributed by atoms with van der Waals surface area (Å²) in [5.41, 5.74) is -0.955. The van der Waals surface area contributed by atoms with Gasteiger partial charge in [-0.1, -0.05) is 30.3 Å². The second kappa shape index (κ2) is 7.34. The molecule has 0 saturated heterocycles. The predicted octanol–water partition coefficient (Wildman–Crippen LogP) is 3.67. The molecule has 0 spiro atoms. The molecule has 1 saturated carbocycles. The summed E-state index contributed by atoms with van der Waals surface area (Å²) in [6, 6.07) is 10.9. The maximum Gasteiger partial charge on any atom is 0.324 e. The summed E-state index contributed by atoms with van der Waals surface area (Å²) in [6.45, 7) is 1.57. The highest BCUT2D eigenvalue weighted by Gasteiger charge is 2.68. The summed E-state index contributed by atoms with van der Waals surface area (Å²) >= 11 is 0. The number of esters is 1. The minimum absolute atomic E-state index is 0.0145. The van der Waals surface area contributed by atoms with Crippen molar-refractivity contribution in [1.82, 2.24) is 0 Å². The van der Waals surface area contributed by atoms with Gasteiger partial charge >= 0.3 is 11.9 Å². The number of halogens is 2. The molecule has 0 aliphatic heterocycles. The normalized spacial score (nSPS) is 20.8.